The Hall–Kier alpha value is -3.29. The van der Waals surface area contributed by atoms with Crippen LogP contribution >= 0.6 is 0 Å². The lowest BCUT2D eigenvalue weighted by molar-refractivity contribution is -0.118. The molecule has 3 aromatic rings. The minimum Gasteiger partial charge on any atom is -0.392 e. The van der Waals surface area contributed by atoms with E-state index in [4.69, 9.17) is 0 Å². The molecule has 30 heavy (non-hydrogen) atoms. The molecular weight excluding hydrogens is 378 g/mol. The summed E-state index contributed by atoms with van der Waals surface area (Å²) < 4.78 is 0. The monoisotopic (exact) mass is 403 g/mol. The molecule has 7 nitrogen and oxygen atoms in total. The summed E-state index contributed by atoms with van der Waals surface area (Å²) >= 11 is 0. The zero-order chi connectivity index (χ0) is 20.8. The molecule has 1 amide bonds. The Morgan fingerprint density at radius 1 is 1.07 bits per heavy atom. The number of amides is 1. The largest absolute Gasteiger partial charge is 0.392 e. The number of nitrogens with one attached hydrogen (secondary N) is 3. The average molecular weight is 403 g/mol. The number of anilines is 3. The van der Waals surface area contributed by atoms with Crippen LogP contribution in [0.4, 0.5) is 17.2 Å². The zero-order valence-electron chi connectivity index (χ0n) is 16.6. The first-order valence-electron chi connectivity index (χ1n) is 10.2. The number of rotatable bonds is 6. The Morgan fingerprint density at radius 3 is 2.77 bits per heavy atom. The Balaban J connectivity index is 1.48. The first-order valence-corrected chi connectivity index (χ1v) is 10.2. The number of piperidine rings is 1. The normalized spacial score (nSPS) is 16.1. The molecule has 0 unspecified atom stereocenters. The van der Waals surface area contributed by atoms with E-state index in [0.29, 0.717) is 5.82 Å². The van der Waals surface area contributed by atoms with Gasteiger partial charge >= 0.3 is 0 Å². The minimum absolute atomic E-state index is 0.00298. The highest BCUT2D eigenvalue weighted by Gasteiger charge is 2.20. The first kappa shape index (κ1) is 20.0. The molecule has 2 heterocycles. The lowest BCUT2D eigenvalue weighted by atomic mass is 10.0. The number of nitrogens with zero attached hydrogens (tertiary/aromatic N) is 2. The smallest absolute Gasteiger partial charge is 0.241 e. The molecule has 0 spiro atoms. The van der Waals surface area contributed by atoms with Crippen LogP contribution in [0.1, 0.15) is 24.8 Å². The van der Waals surface area contributed by atoms with Crippen LogP contribution in [0.15, 0.2) is 60.9 Å². The molecule has 1 fully saturated rings. The van der Waals surface area contributed by atoms with E-state index in [0.717, 1.165) is 54.0 Å². The summed E-state index contributed by atoms with van der Waals surface area (Å²) in [5.41, 5.74) is 3.95. The van der Waals surface area contributed by atoms with Gasteiger partial charge < -0.3 is 21.1 Å². The number of aliphatic hydroxyl groups is 1. The van der Waals surface area contributed by atoms with Crippen LogP contribution < -0.4 is 16.0 Å². The van der Waals surface area contributed by atoms with E-state index < -0.39 is 0 Å². The van der Waals surface area contributed by atoms with Gasteiger partial charge in [-0.2, -0.15) is 0 Å². The number of aliphatic hydroxyl groups excluding tert-OH is 1. The van der Waals surface area contributed by atoms with Crippen LogP contribution in [0.5, 0.6) is 0 Å². The van der Waals surface area contributed by atoms with Crippen molar-refractivity contribution in [2.45, 2.75) is 31.9 Å². The van der Waals surface area contributed by atoms with Crippen LogP contribution in [0.2, 0.25) is 0 Å². The van der Waals surface area contributed by atoms with Crippen LogP contribution in [0.25, 0.3) is 11.3 Å². The predicted octanol–water partition coefficient (Wildman–Crippen LogP) is 3.46. The molecule has 0 bridgehead atoms. The predicted molar refractivity (Wildman–Crippen MR) is 117 cm³/mol. The molecule has 2 aromatic carbocycles. The Morgan fingerprint density at radius 2 is 1.93 bits per heavy atom. The van der Waals surface area contributed by atoms with E-state index in [1.54, 1.807) is 0 Å². The van der Waals surface area contributed by atoms with Crippen LogP contribution in [-0.2, 0) is 11.4 Å². The first-order chi connectivity index (χ1) is 14.7. The summed E-state index contributed by atoms with van der Waals surface area (Å²) in [5, 5.41) is 19.1. The Labute approximate surface area is 175 Å². The molecule has 0 saturated carbocycles. The van der Waals surface area contributed by atoms with Crippen LogP contribution in [0.3, 0.4) is 0 Å². The fourth-order valence-corrected chi connectivity index (χ4v) is 3.61. The van der Waals surface area contributed by atoms with E-state index in [1.165, 1.54) is 6.33 Å². The molecule has 1 saturated heterocycles. The van der Waals surface area contributed by atoms with E-state index in [2.05, 4.69) is 25.9 Å². The van der Waals surface area contributed by atoms with Crippen LogP contribution in [-0.4, -0.2) is 33.6 Å². The van der Waals surface area contributed by atoms with Gasteiger partial charge in [0.05, 0.1) is 18.3 Å². The molecule has 7 heteroatoms. The van der Waals surface area contributed by atoms with Crippen molar-refractivity contribution in [2.24, 2.45) is 0 Å². The molecule has 0 aliphatic carbocycles. The van der Waals surface area contributed by atoms with Crippen molar-refractivity contribution in [1.29, 1.82) is 0 Å². The third-order valence-corrected chi connectivity index (χ3v) is 5.16. The quantitative estimate of drug-likeness (QED) is 0.503. The van der Waals surface area contributed by atoms with Gasteiger partial charge in [0.15, 0.2) is 0 Å². The number of benzene rings is 2. The van der Waals surface area contributed by atoms with E-state index in [9.17, 15) is 9.90 Å². The van der Waals surface area contributed by atoms with Gasteiger partial charge in [-0.05, 0) is 43.1 Å². The molecule has 4 N–H and O–H groups in total. The van der Waals surface area contributed by atoms with Gasteiger partial charge in [-0.3, -0.25) is 4.79 Å². The van der Waals surface area contributed by atoms with E-state index in [1.807, 2.05) is 54.6 Å². The number of aromatic nitrogens is 2. The molecule has 1 atom stereocenters. The number of carbonyl (C=O) groups excluding carboxylic acids is 1. The Bertz CT molecular complexity index is 1020. The van der Waals surface area contributed by atoms with Gasteiger partial charge in [0.1, 0.15) is 12.1 Å². The van der Waals surface area contributed by atoms with Crippen molar-refractivity contribution >= 4 is 23.1 Å². The highest BCUT2D eigenvalue weighted by atomic mass is 16.3. The summed E-state index contributed by atoms with van der Waals surface area (Å²) in [6, 6.07) is 16.9. The van der Waals surface area contributed by atoms with Crippen molar-refractivity contribution in [1.82, 2.24) is 15.3 Å². The maximum atomic E-state index is 12.5. The molecule has 1 aliphatic heterocycles. The average Bonchev–Trinajstić information content (AvgIpc) is 2.80. The second kappa shape index (κ2) is 9.47. The number of carbonyl (C=O) groups is 1. The molecule has 4 rings (SSSR count). The highest BCUT2D eigenvalue weighted by molar-refractivity contribution is 5.95. The molecular formula is C23H25N5O2. The van der Waals surface area contributed by atoms with Crippen molar-refractivity contribution < 1.29 is 9.90 Å². The van der Waals surface area contributed by atoms with Crippen LogP contribution in [0, 0.1) is 0 Å². The van der Waals surface area contributed by atoms with E-state index >= 15 is 0 Å². The van der Waals surface area contributed by atoms with Crippen molar-refractivity contribution in [3.63, 3.8) is 0 Å². The molecule has 1 aliphatic rings. The van der Waals surface area contributed by atoms with Gasteiger partial charge in [0.2, 0.25) is 5.91 Å². The third-order valence-electron chi connectivity index (χ3n) is 5.16. The van der Waals surface area contributed by atoms with Gasteiger partial charge in [-0.25, -0.2) is 9.97 Å². The maximum Gasteiger partial charge on any atom is 0.241 e. The van der Waals surface area contributed by atoms with Gasteiger partial charge in [-0.1, -0.05) is 36.8 Å². The second-order valence-electron chi connectivity index (χ2n) is 7.30. The summed E-state index contributed by atoms with van der Waals surface area (Å²) in [5.74, 6) is 0.627. The van der Waals surface area contributed by atoms with E-state index in [-0.39, 0.29) is 18.6 Å². The molecule has 154 valence electrons. The Kier molecular flexibility index (Phi) is 6.32. The summed E-state index contributed by atoms with van der Waals surface area (Å²) in [4.78, 5) is 21.1. The molecule has 0 radical (unpaired) electrons. The summed E-state index contributed by atoms with van der Waals surface area (Å²) in [6.07, 6.45) is 4.55. The maximum absolute atomic E-state index is 12.5. The molecule has 1 aromatic heterocycles. The lowest BCUT2D eigenvalue weighted by Gasteiger charge is -2.22. The van der Waals surface area contributed by atoms with Gasteiger partial charge in [0, 0.05) is 23.0 Å². The standard InChI is InChI=1S/C23H25N5O2/c29-14-16-6-1-2-9-19(16)21-13-22(26-15-25-21)27-17-7-5-8-18(12-17)28-23(30)20-10-3-4-11-24-20/h1-2,5-9,12-13,15,20,24,29H,3-4,10-11,14H2,(H,28,30)(H,25,26,27)/t20-/m0/s1. The number of hydrogen-bond donors (Lipinski definition) is 4. The fourth-order valence-electron chi connectivity index (χ4n) is 3.61. The topological polar surface area (TPSA) is 99.2 Å². The van der Waals surface area contributed by atoms with Crippen molar-refractivity contribution in [3.05, 3.63) is 66.5 Å². The minimum atomic E-state index is -0.133. The van der Waals surface area contributed by atoms with Crippen molar-refractivity contribution in [3.8, 4) is 11.3 Å². The number of hydrogen-bond acceptors (Lipinski definition) is 6. The zero-order valence-corrected chi connectivity index (χ0v) is 16.6. The highest BCUT2D eigenvalue weighted by Crippen LogP contribution is 2.25. The van der Waals surface area contributed by atoms with Gasteiger partial charge in [-0.15, -0.1) is 0 Å². The fraction of sp³-hybridized carbons (Fsp3) is 0.261. The third kappa shape index (κ3) is 4.82. The van der Waals surface area contributed by atoms with Gasteiger partial charge in [0.25, 0.3) is 0 Å². The SMILES string of the molecule is O=C(Nc1cccc(Nc2cc(-c3ccccc3CO)ncn2)c1)[C@@H]1CCCCN1. The summed E-state index contributed by atoms with van der Waals surface area (Å²) in [7, 11) is 0. The summed E-state index contributed by atoms with van der Waals surface area (Å²) in [6.45, 7) is 0.829. The lowest BCUT2D eigenvalue weighted by Crippen LogP contribution is -2.43. The second-order valence-corrected chi connectivity index (χ2v) is 7.30. The van der Waals surface area contributed by atoms with Crippen molar-refractivity contribution in [2.75, 3.05) is 17.2 Å².